The van der Waals surface area contributed by atoms with E-state index in [0.717, 1.165) is 38.7 Å². The van der Waals surface area contributed by atoms with Crippen molar-refractivity contribution >= 4 is 5.96 Å². The summed E-state index contributed by atoms with van der Waals surface area (Å²) < 4.78 is 0. The van der Waals surface area contributed by atoms with E-state index in [0.29, 0.717) is 11.8 Å². The highest BCUT2D eigenvalue weighted by Crippen LogP contribution is 2.32. The first-order valence-electron chi connectivity index (χ1n) is 10.4. The molecule has 1 fully saturated rings. The summed E-state index contributed by atoms with van der Waals surface area (Å²) in [5.41, 5.74) is 1.49. The molecular formula is C22H38N4. The van der Waals surface area contributed by atoms with E-state index in [9.17, 15) is 0 Å². The van der Waals surface area contributed by atoms with Crippen molar-refractivity contribution in [3.05, 3.63) is 35.9 Å². The number of hydrogen-bond donors (Lipinski definition) is 1. The van der Waals surface area contributed by atoms with E-state index >= 15 is 0 Å². The fraction of sp³-hybridized carbons (Fsp3) is 0.682. The van der Waals surface area contributed by atoms with Gasteiger partial charge in [0, 0.05) is 26.7 Å². The second-order valence-electron chi connectivity index (χ2n) is 7.44. The Morgan fingerprint density at radius 2 is 1.92 bits per heavy atom. The van der Waals surface area contributed by atoms with Crippen molar-refractivity contribution in [3.63, 3.8) is 0 Å². The smallest absolute Gasteiger partial charge is 0.193 e. The minimum atomic E-state index is 0.646. The van der Waals surface area contributed by atoms with Gasteiger partial charge in [0.1, 0.15) is 0 Å². The Morgan fingerprint density at radius 3 is 2.54 bits per heavy atom. The molecule has 2 atom stereocenters. The minimum Gasteiger partial charge on any atom is -0.356 e. The van der Waals surface area contributed by atoms with Gasteiger partial charge in [-0.2, -0.15) is 0 Å². The number of benzene rings is 1. The van der Waals surface area contributed by atoms with Crippen LogP contribution in [0.2, 0.25) is 0 Å². The first-order valence-corrected chi connectivity index (χ1v) is 10.4. The molecule has 26 heavy (non-hydrogen) atoms. The van der Waals surface area contributed by atoms with Crippen LogP contribution in [0.3, 0.4) is 0 Å². The molecule has 0 spiro atoms. The van der Waals surface area contributed by atoms with Crippen LogP contribution >= 0.6 is 0 Å². The van der Waals surface area contributed by atoms with Crippen LogP contribution in [-0.4, -0.2) is 62.1 Å². The molecule has 0 amide bonds. The second kappa shape index (κ2) is 11.2. The summed E-state index contributed by atoms with van der Waals surface area (Å²) in [6.07, 6.45) is 3.65. The average Bonchev–Trinajstić information content (AvgIpc) is 2.68. The van der Waals surface area contributed by atoms with Crippen molar-refractivity contribution in [2.24, 2.45) is 10.9 Å². The van der Waals surface area contributed by atoms with Crippen LogP contribution in [0.5, 0.6) is 0 Å². The van der Waals surface area contributed by atoms with Gasteiger partial charge in [0.15, 0.2) is 5.96 Å². The van der Waals surface area contributed by atoms with Crippen LogP contribution in [0.1, 0.15) is 51.5 Å². The largest absolute Gasteiger partial charge is 0.356 e. The first kappa shape index (κ1) is 20.8. The maximum absolute atomic E-state index is 4.53. The Balaban J connectivity index is 1.75. The Morgan fingerprint density at radius 1 is 1.19 bits per heavy atom. The first-order chi connectivity index (χ1) is 12.7. The van der Waals surface area contributed by atoms with Gasteiger partial charge < -0.3 is 15.1 Å². The van der Waals surface area contributed by atoms with Crippen molar-refractivity contribution in [2.75, 3.05) is 46.3 Å². The number of hydrogen-bond acceptors (Lipinski definition) is 2. The maximum atomic E-state index is 4.53. The highest BCUT2D eigenvalue weighted by atomic mass is 15.3. The summed E-state index contributed by atoms with van der Waals surface area (Å²) in [6.45, 7) is 13.5. The zero-order valence-corrected chi connectivity index (χ0v) is 17.2. The number of likely N-dealkylation sites (tertiary alicyclic amines) is 1. The van der Waals surface area contributed by atoms with Gasteiger partial charge in [0.05, 0.1) is 0 Å². The SMILES string of the molecule is CCN(CC)CCCCNC(=NC)N1CCC(c2ccccc2)C(C)C1. The normalized spacial score (nSPS) is 21.3. The number of nitrogens with one attached hydrogen (secondary N) is 1. The highest BCUT2D eigenvalue weighted by molar-refractivity contribution is 5.80. The molecule has 0 bridgehead atoms. The van der Waals surface area contributed by atoms with Crippen LogP contribution in [0.25, 0.3) is 0 Å². The molecule has 2 rings (SSSR count). The molecule has 0 saturated carbocycles. The standard InChI is InChI=1S/C22H38N4/c1-5-25(6-2)16-11-10-15-24-22(23-4)26-17-14-21(19(3)18-26)20-12-8-7-9-13-20/h7-9,12-13,19,21H,5-6,10-11,14-18H2,1-4H3,(H,23,24). The number of nitrogens with zero attached hydrogens (tertiary/aromatic N) is 3. The van der Waals surface area contributed by atoms with E-state index in [1.54, 1.807) is 0 Å². The summed E-state index contributed by atoms with van der Waals surface area (Å²) in [6, 6.07) is 11.0. The van der Waals surface area contributed by atoms with Crippen molar-refractivity contribution in [1.82, 2.24) is 15.1 Å². The average molecular weight is 359 g/mol. The highest BCUT2D eigenvalue weighted by Gasteiger charge is 2.28. The van der Waals surface area contributed by atoms with Crippen molar-refractivity contribution < 1.29 is 0 Å². The van der Waals surface area contributed by atoms with Crippen molar-refractivity contribution in [2.45, 2.75) is 46.0 Å². The Hall–Kier alpha value is -1.55. The lowest BCUT2D eigenvalue weighted by atomic mass is 9.82. The lowest BCUT2D eigenvalue weighted by Crippen LogP contribution is -2.48. The quantitative estimate of drug-likeness (QED) is 0.435. The van der Waals surface area contributed by atoms with Gasteiger partial charge in [0.25, 0.3) is 0 Å². The lowest BCUT2D eigenvalue weighted by molar-refractivity contribution is 0.234. The van der Waals surface area contributed by atoms with E-state index < -0.39 is 0 Å². The lowest BCUT2D eigenvalue weighted by Gasteiger charge is -2.39. The molecule has 146 valence electrons. The van der Waals surface area contributed by atoms with Gasteiger partial charge in [-0.05, 0) is 56.3 Å². The number of aliphatic imine (C=N–C) groups is 1. The van der Waals surface area contributed by atoms with Crippen LogP contribution < -0.4 is 5.32 Å². The molecule has 4 heteroatoms. The van der Waals surface area contributed by atoms with Gasteiger partial charge in [-0.15, -0.1) is 0 Å². The fourth-order valence-electron chi connectivity index (χ4n) is 4.07. The van der Waals surface area contributed by atoms with Crippen LogP contribution in [0.4, 0.5) is 0 Å². The predicted octanol–water partition coefficient (Wildman–Crippen LogP) is 3.81. The molecule has 1 saturated heterocycles. The zero-order chi connectivity index (χ0) is 18.8. The van der Waals surface area contributed by atoms with E-state index in [1.165, 1.54) is 31.4 Å². The van der Waals surface area contributed by atoms with Gasteiger partial charge in [0.2, 0.25) is 0 Å². The van der Waals surface area contributed by atoms with Crippen LogP contribution in [0, 0.1) is 5.92 Å². The topological polar surface area (TPSA) is 30.9 Å². The van der Waals surface area contributed by atoms with Crippen LogP contribution in [0.15, 0.2) is 35.3 Å². The third-order valence-corrected chi connectivity index (χ3v) is 5.72. The molecule has 1 aliphatic rings. The molecule has 2 unspecified atom stereocenters. The zero-order valence-electron chi connectivity index (χ0n) is 17.2. The number of guanidine groups is 1. The Kier molecular flexibility index (Phi) is 8.96. The monoisotopic (exact) mass is 358 g/mol. The third-order valence-electron chi connectivity index (χ3n) is 5.72. The van der Waals surface area contributed by atoms with Crippen LogP contribution in [-0.2, 0) is 0 Å². The summed E-state index contributed by atoms with van der Waals surface area (Å²) in [7, 11) is 1.91. The molecule has 1 heterocycles. The minimum absolute atomic E-state index is 0.646. The Bertz CT molecular complexity index is 524. The molecule has 1 aliphatic heterocycles. The number of piperidine rings is 1. The molecular weight excluding hydrogens is 320 g/mol. The summed E-state index contributed by atoms with van der Waals surface area (Å²) in [5, 5.41) is 3.58. The maximum Gasteiger partial charge on any atom is 0.193 e. The number of unbranched alkanes of at least 4 members (excludes halogenated alkanes) is 1. The fourth-order valence-corrected chi connectivity index (χ4v) is 4.07. The predicted molar refractivity (Wildman–Crippen MR) is 113 cm³/mol. The number of rotatable bonds is 8. The van der Waals surface area contributed by atoms with Crippen molar-refractivity contribution in [1.29, 1.82) is 0 Å². The van der Waals surface area contributed by atoms with E-state index in [1.807, 2.05) is 7.05 Å². The van der Waals surface area contributed by atoms with Gasteiger partial charge >= 0.3 is 0 Å². The molecule has 1 N–H and O–H groups in total. The van der Waals surface area contributed by atoms with E-state index in [-0.39, 0.29) is 0 Å². The van der Waals surface area contributed by atoms with Crippen molar-refractivity contribution in [3.8, 4) is 0 Å². The summed E-state index contributed by atoms with van der Waals surface area (Å²) in [4.78, 5) is 9.46. The molecule has 0 radical (unpaired) electrons. The van der Waals surface area contributed by atoms with Gasteiger partial charge in [-0.3, -0.25) is 4.99 Å². The van der Waals surface area contributed by atoms with Gasteiger partial charge in [-0.25, -0.2) is 0 Å². The Labute approximate surface area is 160 Å². The van der Waals surface area contributed by atoms with E-state index in [4.69, 9.17) is 0 Å². The molecule has 0 aliphatic carbocycles. The molecule has 1 aromatic rings. The summed E-state index contributed by atoms with van der Waals surface area (Å²) >= 11 is 0. The van der Waals surface area contributed by atoms with Gasteiger partial charge in [-0.1, -0.05) is 51.1 Å². The third kappa shape index (κ3) is 6.01. The van der Waals surface area contributed by atoms with E-state index in [2.05, 4.69) is 71.2 Å². The molecule has 0 aromatic heterocycles. The summed E-state index contributed by atoms with van der Waals surface area (Å²) in [5.74, 6) is 2.39. The molecule has 4 nitrogen and oxygen atoms in total. The second-order valence-corrected chi connectivity index (χ2v) is 7.44. The molecule has 1 aromatic carbocycles.